The highest BCUT2D eigenvalue weighted by molar-refractivity contribution is 9.10. The van der Waals surface area contributed by atoms with E-state index in [2.05, 4.69) is 21.2 Å². The Kier molecular flexibility index (Phi) is 10.7. The van der Waals surface area contributed by atoms with Gasteiger partial charge in [0.15, 0.2) is 0 Å². The van der Waals surface area contributed by atoms with Crippen LogP contribution < -0.4 is 9.62 Å². The lowest BCUT2D eigenvalue weighted by molar-refractivity contribution is -0.140. The molecule has 208 valence electrons. The first-order valence-electron chi connectivity index (χ1n) is 12.5. The quantitative estimate of drug-likeness (QED) is 0.317. The summed E-state index contributed by atoms with van der Waals surface area (Å²) >= 11 is 3.35. The van der Waals surface area contributed by atoms with Gasteiger partial charge in [0.25, 0.3) is 0 Å². The van der Waals surface area contributed by atoms with Crippen molar-refractivity contribution in [2.75, 3.05) is 23.7 Å². The molecule has 1 atom stereocenters. The molecule has 1 N–H and O–H groups in total. The van der Waals surface area contributed by atoms with Gasteiger partial charge in [-0.25, -0.2) is 12.8 Å². The number of nitrogens with zero attached hydrogens (tertiary/aromatic N) is 2. The van der Waals surface area contributed by atoms with Crippen molar-refractivity contribution in [1.29, 1.82) is 0 Å². The Labute approximate surface area is 238 Å². The van der Waals surface area contributed by atoms with E-state index in [0.717, 1.165) is 16.1 Å². The van der Waals surface area contributed by atoms with Gasteiger partial charge < -0.3 is 10.2 Å². The number of nitrogens with one attached hydrogen (secondary N) is 1. The molecule has 0 aliphatic carbocycles. The van der Waals surface area contributed by atoms with Crippen LogP contribution in [0.2, 0.25) is 0 Å². The summed E-state index contributed by atoms with van der Waals surface area (Å²) in [5, 5.41) is 2.92. The molecule has 0 heterocycles. The van der Waals surface area contributed by atoms with E-state index in [1.165, 1.54) is 17.0 Å². The fourth-order valence-electron chi connectivity index (χ4n) is 4.01. The van der Waals surface area contributed by atoms with Crippen LogP contribution in [0.1, 0.15) is 25.0 Å². The number of carbonyl (C=O) groups is 2. The number of amides is 2. The molecule has 3 aromatic rings. The smallest absolute Gasteiger partial charge is 0.244 e. The highest BCUT2D eigenvalue weighted by atomic mass is 79.9. The lowest BCUT2D eigenvalue weighted by atomic mass is 10.0. The van der Waals surface area contributed by atoms with Crippen LogP contribution in [-0.4, -0.2) is 50.5 Å². The number of sulfonamides is 1. The number of rotatable bonds is 12. The number of carbonyl (C=O) groups excluding carboxylic acids is 2. The van der Waals surface area contributed by atoms with Crippen molar-refractivity contribution in [1.82, 2.24) is 10.2 Å². The number of benzene rings is 3. The molecule has 7 nitrogen and oxygen atoms in total. The van der Waals surface area contributed by atoms with E-state index in [1.54, 1.807) is 36.4 Å². The minimum absolute atomic E-state index is 0.0121. The molecular weight excluding hydrogens is 585 g/mol. The Morgan fingerprint density at radius 1 is 0.949 bits per heavy atom. The zero-order chi connectivity index (χ0) is 28.6. The zero-order valence-corrected chi connectivity index (χ0v) is 24.6. The maximum absolute atomic E-state index is 14.0. The first-order chi connectivity index (χ1) is 18.4. The average molecular weight is 619 g/mol. The van der Waals surface area contributed by atoms with Crippen molar-refractivity contribution in [3.63, 3.8) is 0 Å². The predicted molar refractivity (Wildman–Crippen MR) is 155 cm³/mol. The molecule has 3 rings (SSSR count). The molecule has 0 bridgehead atoms. The third kappa shape index (κ3) is 9.18. The summed E-state index contributed by atoms with van der Waals surface area (Å²) in [6.07, 6.45) is 1.25. The zero-order valence-electron chi connectivity index (χ0n) is 22.2. The second kappa shape index (κ2) is 13.7. The summed E-state index contributed by atoms with van der Waals surface area (Å²) in [6.45, 7) is 3.82. The van der Waals surface area contributed by atoms with Crippen LogP contribution in [0.15, 0.2) is 83.3 Å². The van der Waals surface area contributed by atoms with E-state index in [9.17, 15) is 22.4 Å². The summed E-state index contributed by atoms with van der Waals surface area (Å²) in [4.78, 5) is 28.9. The van der Waals surface area contributed by atoms with Gasteiger partial charge in [0.05, 0.1) is 11.9 Å². The van der Waals surface area contributed by atoms with Gasteiger partial charge in [-0.05, 0) is 47.4 Å². The van der Waals surface area contributed by atoms with Gasteiger partial charge in [-0.3, -0.25) is 13.9 Å². The monoisotopic (exact) mass is 617 g/mol. The molecule has 0 aliphatic heterocycles. The van der Waals surface area contributed by atoms with Crippen molar-refractivity contribution < 1.29 is 22.4 Å². The molecule has 2 amide bonds. The normalized spacial score (nSPS) is 12.2. The lowest BCUT2D eigenvalue weighted by Crippen LogP contribution is -2.53. The number of hydrogen-bond acceptors (Lipinski definition) is 4. The molecule has 0 fully saturated rings. The second-order valence-electron chi connectivity index (χ2n) is 9.74. The van der Waals surface area contributed by atoms with Crippen LogP contribution in [0.25, 0.3) is 0 Å². The molecule has 0 saturated heterocycles. The Bertz CT molecular complexity index is 1370. The van der Waals surface area contributed by atoms with Crippen LogP contribution >= 0.6 is 15.9 Å². The average Bonchev–Trinajstić information content (AvgIpc) is 2.88. The third-order valence-electron chi connectivity index (χ3n) is 6.00. The summed E-state index contributed by atoms with van der Waals surface area (Å²) in [6, 6.07) is 20.7. The summed E-state index contributed by atoms with van der Waals surface area (Å²) in [7, 11) is -3.85. The van der Waals surface area contributed by atoms with Crippen LogP contribution in [0, 0.1) is 11.7 Å². The predicted octanol–water partition coefficient (Wildman–Crippen LogP) is 4.77. The minimum Gasteiger partial charge on any atom is -0.354 e. The molecule has 0 saturated carbocycles. The van der Waals surface area contributed by atoms with Crippen molar-refractivity contribution in [3.8, 4) is 0 Å². The topological polar surface area (TPSA) is 86.8 Å². The molecule has 0 aliphatic rings. The van der Waals surface area contributed by atoms with Crippen molar-refractivity contribution in [2.45, 2.75) is 32.9 Å². The van der Waals surface area contributed by atoms with Crippen molar-refractivity contribution in [2.24, 2.45) is 5.92 Å². The van der Waals surface area contributed by atoms with E-state index >= 15 is 0 Å². The first-order valence-corrected chi connectivity index (χ1v) is 15.2. The molecule has 39 heavy (non-hydrogen) atoms. The molecule has 0 radical (unpaired) electrons. The van der Waals surface area contributed by atoms with Crippen LogP contribution in [0.4, 0.5) is 10.1 Å². The molecule has 3 aromatic carbocycles. The van der Waals surface area contributed by atoms with E-state index < -0.39 is 34.3 Å². The van der Waals surface area contributed by atoms with Crippen LogP contribution in [-0.2, 0) is 32.6 Å². The number of halogens is 2. The Morgan fingerprint density at radius 2 is 1.62 bits per heavy atom. The number of anilines is 1. The second-order valence-corrected chi connectivity index (χ2v) is 12.6. The van der Waals surface area contributed by atoms with Gasteiger partial charge in [-0.2, -0.15) is 0 Å². The molecular formula is C29H33BrFN3O4S. The molecule has 0 aromatic heterocycles. The van der Waals surface area contributed by atoms with E-state index in [0.29, 0.717) is 22.3 Å². The fourth-order valence-corrected chi connectivity index (χ4v) is 5.24. The van der Waals surface area contributed by atoms with Gasteiger partial charge in [0.1, 0.15) is 18.4 Å². The molecule has 10 heteroatoms. The van der Waals surface area contributed by atoms with E-state index in [4.69, 9.17) is 0 Å². The minimum atomic E-state index is -3.85. The largest absolute Gasteiger partial charge is 0.354 e. The summed E-state index contributed by atoms with van der Waals surface area (Å²) < 4.78 is 40.9. The Hall–Kier alpha value is -3.24. The summed E-state index contributed by atoms with van der Waals surface area (Å²) in [5.41, 5.74) is 1.75. The maximum Gasteiger partial charge on any atom is 0.244 e. The van der Waals surface area contributed by atoms with E-state index in [-0.39, 0.29) is 24.8 Å². The summed E-state index contributed by atoms with van der Waals surface area (Å²) in [5.74, 6) is -1.16. The lowest BCUT2D eigenvalue weighted by Gasteiger charge is -2.33. The third-order valence-corrected chi connectivity index (χ3v) is 7.63. The highest BCUT2D eigenvalue weighted by Gasteiger charge is 2.33. The van der Waals surface area contributed by atoms with Gasteiger partial charge in [0.2, 0.25) is 21.8 Å². The van der Waals surface area contributed by atoms with Gasteiger partial charge in [0, 0.05) is 24.0 Å². The Morgan fingerprint density at radius 3 is 2.21 bits per heavy atom. The molecule has 0 unspecified atom stereocenters. The Balaban J connectivity index is 2.04. The van der Waals surface area contributed by atoms with Crippen molar-refractivity contribution in [3.05, 3.63) is 100 Å². The van der Waals surface area contributed by atoms with Gasteiger partial charge in [-0.1, -0.05) is 78.3 Å². The highest BCUT2D eigenvalue weighted by Crippen LogP contribution is 2.23. The number of hydrogen-bond donors (Lipinski definition) is 1. The maximum atomic E-state index is 14.0. The van der Waals surface area contributed by atoms with Crippen LogP contribution in [0.3, 0.4) is 0 Å². The first kappa shape index (κ1) is 30.3. The SMILES string of the molecule is CC(C)CNC(=O)[C@H](Cc1ccccc1)N(Cc1ccc(F)cc1)C(=O)CN(c1cccc(Br)c1)S(C)(=O)=O. The van der Waals surface area contributed by atoms with Gasteiger partial charge >= 0.3 is 0 Å². The van der Waals surface area contributed by atoms with Gasteiger partial charge in [-0.15, -0.1) is 0 Å². The standard InChI is InChI=1S/C29H33BrFN3O4S/c1-21(2)18-32-29(36)27(16-22-8-5-4-6-9-22)33(19-23-12-14-25(31)15-13-23)28(35)20-34(39(3,37)38)26-11-7-10-24(30)17-26/h4-15,17,21,27H,16,18-20H2,1-3H3,(H,32,36)/t27-/m0/s1. The fraction of sp³-hybridized carbons (Fsp3) is 0.310. The van der Waals surface area contributed by atoms with Crippen molar-refractivity contribution >= 4 is 43.5 Å². The van der Waals surface area contributed by atoms with Crippen LogP contribution in [0.5, 0.6) is 0 Å². The van der Waals surface area contributed by atoms with E-state index in [1.807, 2.05) is 44.2 Å². The molecule has 0 spiro atoms.